The van der Waals surface area contributed by atoms with Crippen LogP contribution in [0.4, 0.5) is 0 Å². The van der Waals surface area contributed by atoms with Gasteiger partial charge in [-0.1, -0.05) is 12.2 Å². The first-order valence-corrected chi connectivity index (χ1v) is 7.65. The summed E-state index contributed by atoms with van der Waals surface area (Å²) in [6, 6.07) is 0. The van der Waals surface area contributed by atoms with Gasteiger partial charge in [-0.25, -0.2) is 0 Å². The Bertz CT molecular complexity index is 338. The van der Waals surface area contributed by atoms with Gasteiger partial charge < -0.3 is 19.7 Å². The van der Waals surface area contributed by atoms with E-state index in [1.54, 1.807) is 0 Å². The van der Waals surface area contributed by atoms with Crippen LogP contribution in [0.2, 0.25) is 0 Å². The van der Waals surface area contributed by atoms with Crippen LogP contribution in [-0.4, -0.2) is 63.0 Å². The fourth-order valence-corrected chi connectivity index (χ4v) is 2.75. The van der Waals surface area contributed by atoms with E-state index < -0.39 is 0 Å². The molecule has 2 unspecified atom stereocenters. The van der Waals surface area contributed by atoms with Crippen LogP contribution in [0.1, 0.15) is 26.2 Å². The zero-order chi connectivity index (χ0) is 14.2. The number of morpholine rings is 1. The van der Waals surface area contributed by atoms with Gasteiger partial charge in [0.25, 0.3) is 0 Å². The van der Waals surface area contributed by atoms with Crippen LogP contribution in [-0.2, 0) is 9.47 Å². The molecule has 2 aliphatic rings. The number of ether oxygens (including phenoxy) is 2. The average molecular weight is 281 g/mol. The van der Waals surface area contributed by atoms with Gasteiger partial charge in [0.15, 0.2) is 5.96 Å². The second-order valence-corrected chi connectivity index (χ2v) is 5.24. The van der Waals surface area contributed by atoms with Gasteiger partial charge in [0.05, 0.1) is 12.7 Å². The number of hydrogen-bond acceptors (Lipinski definition) is 3. The lowest BCUT2D eigenvalue weighted by Gasteiger charge is -2.37. The van der Waals surface area contributed by atoms with E-state index in [1.807, 2.05) is 14.0 Å². The van der Waals surface area contributed by atoms with Crippen molar-refractivity contribution in [1.29, 1.82) is 0 Å². The lowest BCUT2D eigenvalue weighted by Crippen LogP contribution is -2.53. The molecule has 114 valence electrons. The first-order chi connectivity index (χ1) is 9.85. The van der Waals surface area contributed by atoms with Crippen molar-refractivity contribution in [2.75, 3.05) is 39.9 Å². The van der Waals surface area contributed by atoms with Gasteiger partial charge in [0.1, 0.15) is 6.10 Å². The van der Waals surface area contributed by atoms with Crippen LogP contribution in [0.15, 0.2) is 17.1 Å². The van der Waals surface area contributed by atoms with Gasteiger partial charge in [0, 0.05) is 33.3 Å². The molecular weight excluding hydrogens is 254 g/mol. The van der Waals surface area contributed by atoms with Crippen LogP contribution >= 0.6 is 0 Å². The number of hydrogen-bond donors (Lipinski definition) is 1. The normalized spacial score (nSPS) is 28.3. The fraction of sp³-hybridized carbons (Fsp3) is 0.800. The van der Waals surface area contributed by atoms with Crippen LogP contribution in [0.3, 0.4) is 0 Å². The summed E-state index contributed by atoms with van der Waals surface area (Å²) in [4.78, 5) is 6.66. The number of allylic oxidation sites excluding steroid dienone is 1. The molecule has 1 N–H and O–H groups in total. The van der Waals surface area contributed by atoms with E-state index in [1.165, 1.54) is 0 Å². The molecule has 0 amide bonds. The van der Waals surface area contributed by atoms with Crippen LogP contribution in [0.25, 0.3) is 0 Å². The van der Waals surface area contributed by atoms with Gasteiger partial charge in [-0.15, -0.1) is 0 Å². The average Bonchev–Trinajstić information content (AvgIpc) is 3.02. The molecule has 5 heteroatoms. The Kier molecular flexibility index (Phi) is 6.33. The van der Waals surface area contributed by atoms with E-state index >= 15 is 0 Å². The summed E-state index contributed by atoms with van der Waals surface area (Å²) in [6.45, 7) is 6.35. The molecular formula is C15H27N3O2. The van der Waals surface area contributed by atoms with Gasteiger partial charge >= 0.3 is 0 Å². The summed E-state index contributed by atoms with van der Waals surface area (Å²) in [6.07, 6.45) is 7.97. The number of nitrogens with zero attached hydrogens (tertiary/aromatic N) is 2. The minimum absolute atomic E-state index is 0.181. The summed E-state index contributed by atoms with van der Waals surface area (Å²) < 4.78 is 11.6. The van der Waals surface area contributed by atoms with Crippen molar-refractivity contribution >= 4 is 5.96 Å². The third kappa shape index (κ3) is 4.21. The van der Waals surface area contributed by atoms with E-state index in [2.05, 4.69) is 27.4 Å². The molecule has 0 spiro atoms. The molecule has 0 radical (unpaired) electrons. The molecule has 0 aromatic rings. The zero-order valence-electron chi connectivity index (χ0n) is 12.7. The number of nitrogens with one attached hydrogen (secondary N) is 1. The first-order valence-electron chi connectivity index (χ1n) is 7.65. The van der Waals surface area contributed by atoms with E-state index in [4.69, 9.17) is 9.47 Å². The molecule has 0 saturated carbocycles. The molecule has 0 aliphatic carbocycles. The van der Waals surface area contributed by atoms with Crippen molar-refractivity contribution in [3.8, 4) is 0 Å². The van der Waals surface area contributed by atoms with Crippen molar-refractivity contribution in [1.82, 2.24) is 10.2 Å². The highest BCUT2D eigenvalue weighted by Crippen LogP contribution is 2.20. The predicted molar refractivity (Wildman–Crippen MR) is 81.1 cm³/mol. The Morgan fingerprint density at radius 1 is 1.35 bits per heavy atom. The quantitative estimate of drug-likeness (QED) is 0.366. The molecule has 20 heavy (non-hydrogen) atoms. The minimum Gasteiger partial charge on any atom is -0.375 e. The van der Waals surface area contributed by atoms with E-state index in [9.17, 15) is 0 Å². The third-order valence-corrected chi connectivity index (χ3v) is 3.81. The van der Waals surface area contributed by atoms with Crippen molar-refractivity contribution in [2.45, 2.75) is 38.4 Å². The molecule has 2 fully saturated rings. The maximum absolute atomic E-state index is 5.87. The maximum atomic E-state index is 5.87. The Labute approximate surface area is 122 Å². The van der Waals surface area contributed by atoms with Gasteiger partial charge in [-0.2, -0.15) is 0 Å². The second kappa shape index (κ2) is 8.27. The number of aliphatic imine (C=N–C) groups is 1. The number of rotatable bonds is 4. The second-order valence-electron chi connectivity index (χ2n) is 5.24. The number of guanidine groups is 1. The Hall–Kier alpha value is -1.07. The van der Waals surface area contributed by atoms with Gasteiger partial charge in [-0.3, -0.25) is 4.99 Å². The Morgan fingerprint density at radius 2 is 2.20 bits per heavy atom. The Balaban J connectivity index is 1.82. The highest BCUT2D eigenvalue weighted by atomic mass is 16.5. The SMILES string of the molecule is C/C=C/CCNC(=NC)N1CCOC(C2CCCO2)C1. The van der Waals surface area contributed by atoms with Crippen molar-refractivity contribution < 1.29 is 9.47 Å². The van der Waals surface area contributed by atoms with Crippen molar-refractivity contribution in [3.63, 3.8) is 0 Å². The van der Waals surface area contributed by atoms with E-state index in [0.29, 0.717) is 0 Å². The van der Waals surface area contributed by atoms with Gasteiger partial charge in [-0.05, 0) is 26.2 Å². The third-order valence-electron chi connectivity index (χ3n) is 3.81. The van der Waals surface area contributed by atoms with Crippen LogP contribution < -0.4 is 5.32 Å². The highest BCUT2D eigenvalue weighted by Gasteiger charge is 2.32. The van der Waals surface area contributed by atoms with Crippen LogP contribution in [0, 0.1) is 0 Å². The zero-order valence-corrected chi connectivity index (χ0v) is 12.7. The lowest BCUT2D eigenvalue weighted by atomic mass is 10.1. The standard InChI is InChI=1S/C15H27N3O2/c1-3-4-5-8-17-15(16-2)18-9-11-20-14(12-18)13-7-6-10-19-13/h3-4,13-14H,5-12H2,1-2H3,(H,16,17)/b4-3+. The van der Waals surface area contributed by atoms with Gasteiger partial charge in [0.2, 0.25) is 0 Å². The Morgan fingerprint density at radius 3 is 2.90 bits per heavy atom. The predicted octanol–water partition coefficient (Wildman–Crippen LogP) is 1.41. The lowest BCUT2D eigenvalue weighted by molar-refractivity contribution is -0.0816. The smallest absolute Gasteiger partial charge is 0.193 e. The minimum atomic E-state index is 0.181. The maximum Gasteiger partial charge on any atom is 0.193 e. The molecule has 5 nitrogen and oxygen atoms in total. The largest absolute Gasteiger partial charge is 0.375 e. The highest BCUT2D eigenvalue weighted by molar-refractivity contribution is 5.80. The molecule has 0 bridgehead atoms. The first kappa shape index (κ1) is 15.3. The summed E-state index contributed by atoms with van der Waals surface area (Å²) in [5.41, 5.74) is 0. The molecule has 2 saturated heterocycles. The van der Waals surface area contributed by atoms with Crippen molar-refractivity contribution in [3.05, 3.63) is 12.2 Å². The van der Waals surface area contributed by atoms with E-state index in [-0.39, 0.29) is 12.2 Å². The van der Waals surface area contributed by atoms with E-state index in [0.717, 1.165) is 58.1 Å². The molecule has 0 aromatic carbocycles. The molecule has 2 heterocycles. The molecule has 2 atom stereocenters. The van der Waals surface area contributed by atoms with Crippen molar-refractivity contribution in [2.24, 2.45) is 4.99 Å². The topological polar surface area (TPSA) is 46.1 Å². The van der Waals surface area contributed by atoms with Crippen LogP contribution in [0.5, 0.6) is 0 Å². The fourth-order valence-electron chi connectivity index (χ4n) is 2.75. The molecule has 0 aromatic heterocycles. The summed E-state index contributed by atoms with van der Waals surface area (Å²) in [7, 11) is 1.84. The monoisotopic (exact) mass is 281 g/mol. The summed E-state index contributed by atoms with van der Waals surface area (Å²) in [5, 5.41) is 3.41. The summed E-state index contributed by atoms with van der Waals surface area (Å²) >= 11 is 0. The molecule has 2 rings (SSSR count). The summed E-state index contributed by atoms with van der Waals surface area (Å²) in [5.74, 6) is 0.973. The molecule has 2 aliphatic heterocycles.